The van der Waals surface area contributed by atoms with Crippen LogP contribution in [-0.2, 0) is 22.4 Å². The van der Waals surface area contributed by atoms with Gasteiger partial charge in [0.25, 0.3) is 0 Å². The molecule has 1 aromatic heterocycles. The number of carbonyl (C=O) groups excluding carboxylic acids is 2. The van der Waals surface area contributed by atoms with E-state index in [1.807, 2.05) is 18.5 Å². The average molecular weight is 575 g/mol. The summed E-state index contributed by atoms with van der Waals surface area (Å²) in [5, 5.41) is 22.5. The molecule has 0 radical (unpaired) electrons. The minimum absolute atomic E-state index is 0.0352. The van der Waals surface area contributed by atoms with Crippen molar-refractivity contribution in [3.8, 4) is 0 Å². The molecule has 8 nitrogen and oxygen atoms in total. The minimum atomic E-state index is -1.02. The van der Waals surface area contributed by atoms with E-state index in [0.717, 1.165) is 42.9 Å². The first-order valence-electron chi connectivity index (χ1n) is 15.6. The van der Waals surface area contributed by atoms with E-state index >= 15 is 0 Å². The van der Waals surface area contributed by atoms with Gasteiger partial charge in [-0.1, -0.05) is 63.6 Å². The second kappa shape index (κ2) is 12.2. The van der Waals surface area contributed by atoms with Crippen LogP contribution in [0, 0.1) is 16.7 Å². The molecule has 8 heteroatoms. The molecule has 2 aromatic rings. The van der Waals surface area contributed by atoms with Crippen molar-refractivity contribution in [2.45, 2.75) is 84.9 Å². The molecule has 0 amide bonds. The molecular formula is C34H46N4O4. The lowest BCUT2D eigenvalue weighted by Gasteiger charge is -2.56. The number of allylic oxidation sites excluding steroid dienone is 4. The van der Waals surface area contributed by atoms with E-state index in [1.54, 1.807) is 13.1 Å². The van der Waals surface area contributed by atoms with Crippen LogP contribution in [0.2, 0.25) is 0 Å². The summed E-state index contributed by atoms with van der Waals surface area (Å²) in [4.78, 5) is 26.6. The molecule has 226 valence electrons. The third-order valence-electron chi connectivity index (χ3n) is 10.0. The molecule has 1 aromatic carbocycles. The van der Waals surface area contributed by atoms with Gasteiger partial charge in [0.05, 0.1) is 18.5 Å². The number of aliphatic hydroxyl groups is 1. The average Bonchev–Trinajstić information content (AvgIpc) is 3.57. The third-order valence-corrected chi connectivity index (χ3v) is 10.0. The van der Waals surface area contributed by atoms with Crippen molar-refractivity contribution in [3.63, 3.8) is 0 Å². The highest BCUT2D eigenvalue weighted by molar-refractivity contribution is 5.91. The number of anilines is 1. The maximum atomic E-state index is 14.1. The fraction of sp³-hybridized carbons (Fsp3) is 0.559. The predicted molar refractivity (Wildman–Crippen MR) is 165 cm³/mol. The van der Waals surface area contributed by atoms with Gasteiger partial charge in [0.1, 0.15) is 17.8 Å². The second-order valence-corrected chi connectivity index (χ2v) is 12.2. The fourth-order valence-electron chi connectivity index (χ4n) is 8.00. The molecular weight excluding hydrogens is 528 g/mol. The molecule has 5 unspecified atom stereocenters. The van der Waals surface area contributed by atoms with E-state index in [4.69, 9.17) is 4.74 Å². The zero-order valence-corrected chi connectivity index (χ0v) is 25.7. The van der Waals surface area contributed by atoms with Crippen LogP contribution in [-0.4, -0.2) is 52.4 Å². The number of aliphatic hydroxyl groups excluding tert-OH is 1. The lowest BCUT2D eigenvalue weighted by molar-refractivity contribution is -0.152. The number of hydrogen-bond acceptors (Lipinski definition) is 7. The molecule has 42 heavy (non-hydrogen) atoms. The van der Waals surface area contributed by atoms with Gasteiger partial charge < -0.3 is 20.5 Å². The zero-order chi connectivity index (χ0) is 30.1. The Labute approximate surface area is 249 Å². The quantitative estimate of drug-likeness (QED) is 0.329. The number of benzene rings is 1. The first-order chi connectivity index (χ1) is 20.2. The number of rotatable bonds is 10. The van der Waals surface area contributed by atoms with Crippen LogP contribution in [0.25, 0.3) is 0 Å². The van der Waals surface area contributed by atoms with Crippen LogP contribution in [0.3, 0.4) is 0 Å². The summed E-state index contributed by atoms with van der Waals surface area (Å²) >= 11 is 0. The number of carbonyl (C=O) groups is 2. The van der Waals surface area contributed by atoms with Gasteiger partial charge in [0.15, 0.2) is 5.78 Å². The van der Waals surface area contributed by atoms with Crippen LogP contribution in [0.4, 0.5) is 5.69 Å². The Morgan fingerprint density at radius 1 is 1.24 bits per heavy atom. The molecule has 0 saturated carbocycles. The van der Waals surface area contributed by atoms with Gasteiger partial charge in [0, 0.05) is 22.4 Å². The van der Waals surface area contributed by atoms with Gasteiger partial charge in [-0.25, -0.2) is 9.48 Å². The standard InChI is InChI=1S/C34H46N4O4/c1-6-25-20-35-17-16-34(25,30(40)23(5)39)33(14-10-9-11-15-33)19-24-12-13-26-22(4)31(37-28(26)18-24)38-29(7-2)27(21-36-38)32(41)42-8-3/h9-14,18,21-23,25,31,35,37,39H,6-8,15-17,19-20H2,1-5H3/t22?,23-,25?,31?,33?,34?/m0/s1. The van der Waals surface area contributed by atoms with E-state index < -0.39 is 16.9 Å². The monoisotopic (exact) mass is 574 g/mol. The molecule has 3 N–H and O–H groups in total. The number of hydrogen-bond donors (Lipinski definition) is 3. The van der Waals surface area contributed by atoms with Gasteiger partial charge in [-0.2, -0.15) is 5.10 Å². The number of ketones is 1. The number of nitrogens with one attached hydrogen (secondary N) is 2. The van der Waals surface area contributed by atoms with Crippen molar-refractivity contribution in [1.29, 1.82) is 0 Å². The summed E-state index contributed by atoms with van der Waals surface area (Å²) in [6, 6.07) is 6.62. The lowest BCUT2D eigenvalue weighted by Crippen LogP contribution is -2.61. The zero-order valence-electron chi connectivity index (χ0n) is 25.7. The Bertz CT molecular complexity index is 1380. The summed E-state index contributed by atoms with van der Waals surface area (Å²) in [6.45, 7) is 11.7. The first-order valence-corrected chi connectivity index (χ1v) is 15.6. The molecule has 3 aliphatic rings. The van der Waals surface area contributed by atoms with Gasteiger partial charge in [0.2, 0.25) is 0 Å². The van der Waals surface area contributed by atoms with E-state index in [9.17, 15) is 14.7 Å². The second-order valence-electron chi connectivity index (χ2n) is 12.2. The van der Waals surface area contributed by atoms with Crippen LogP contribution < -0.4 is 10.6 Å². The van der Waals surface area contributed by atoms with Crippen molar-refractivity contribution >= 4 is 17.4 Å². The largest absolute Gasteiger partial charge is 0.462 e. The number of aromatic nitrogens is 2. The maximum Gasteiger partial charge on any atom is 0.341 e. The summed E-state index contributed by atoms with van der Waals surface area (Å²) in [7, 11) is 0. The molecule has 6 atom stereocenters. The molecule has 3 heterocycles. The van der Waals surface area contributed by atoms with Crippen molar-refractivity contribution in [1.82, 2.24) is 15.1 Å². The van der Waals surface area contributed by atoms with Crippen molar-refractivity contribution < 1.29 is 19.4 Å². The normalized spacial score (nSPS) is 29.1. The minimum Gasteiger partial charge on any atom is -0.462 e. The number of piperidine rings is 1. The molecule has 0 spiro atoms. The highest BCUT2D eigenvalue weighted by Gasteiger charge is 2.59. The van der Waals surface area contributed by atoms with E-state index in [0.29, 0.717) is 31.4 Å². The molecule has 0 bridgehead atoms. The molecule has 1 aliphatic carbocycles. The number of ether oxygens (including phenoxy) is 1. The summed E-state index contributed by atoms with van der Waals surface area (Å²) in [5.41, 5.74) is 3.68. The van der Waals surface area contributed by atoms with Gasteiger partial charge >= 0.3 is 5.97 Å². The van der Waals surface area contributed by atoms with Gasteiger partial charge in [-0.3, -0.25) is 4.79 Å². The van der Waals surface area contributed by atoms with Crippen LogP contribution in [0.1, 0.15) is 93.1 Å². The maximum absolute atomic E-state index is 14.1. The molecule has 1 fully saturated rings. The highest BCUT2D eigenvalue weighted by Crippen LogP contribution is 2.57. The number of esters is 1. The summed E-state index contributed by atoms with van der Waals surface area (Å²) in [6.07, 6.45) is 12.8. The Hall–Kier alpha value is -3.23. The Morgan fingerprint density at radius 3 is 2.71 bits per heavy atom. The Kier molecular flexibility index (Phi) is 8.76. The highest BCUT2D eigenvalue weighted by atomic mass is 16.5. The van der Waals surface area contributed by atoms with E-state index in [1.165, 1.54) is 5.56 Å². The molecule has 5 rings (SSSR count). The topological polar surface area (TPSA) is 105 Å². The smallest absolute Gasteiger partial charge is 0.341 e. The van der Waals surface area contributed by atoms with Gasteiger partial charge in [-0.15, -0.1) is 0 Å². The predicted octanol–water partition coefficient (Wildman–Crippen LogP) is 5.35. The van der Waals surface area contributed by atoms with Gasteiger partial charge in [-0.05, 0) is 75.7 Å². The number of fused-ring (bicyclic) bond motifs is 1. The summed E-state index contributed by atoms with van der Waals surface area (Å²) in [5.74, 6) is -0.109. The Balaban J connectivity index is 1.50. The SMILES string of the molecule is CCOC(=O)c1cnn(C2Nc3cc(CC4(C5(C(=O)[C@H](C)O)CCNCC5CC)C=CC=CC4)ccc3C2C)c1CC. The lowest BCUT2D eigenvalue weighted by atomic mass is 9.48. The van der Waals surface area contributed by atoms with Crippen molar-refractivity contribution in [2.24, 2.45) is 16.7 Å². The third kappa shape index (κ3) is 4.92. The van der Waals surface area contributed by atoms with Crippen LogP contribution >= 0.6 is 0 Å². The van der Waals surface area contributed by atoms with Crippen LogP contribution in [0.15, 0.2) is 48.7 Å². The Morgan fingerprint density at radius 2 is 2.05 bits per heavy atom. The fourth-order valence-corrected chi connectivity index (χ4v) is 8.00. The summed E-state index contributed by atoms with van der Waals surface area (Å²) < 4.78 is 7.21. The number of nitrogens with zero attached hydrogens (tertiary/aromatic N) is 2. The molecule has 2 aliphatic heterocycles. The van der Waals surface area contributed by atoms with Crippen LogP contribution in [0.5, 0.6) is 0 Å². The first kappa shape index (κ1) is 30.2. The van der Waals surface area contributed by atoms with Crippen molar-refractivity contribution in [3.05, 3.63) is 71.1 Å². The number of Topliss-reactive ketones (excluding diaryl/α,β-unsaturated/α-hetero) is 1. The molecule has 1 saturated heterocycles. The van der Waals surface area contributed by atoms with E-state index in [2.05, 4.69) is 72.1 Å². The van der Waals surface area contributed by atoms with Crippen molar-refractivity contribution in [2.75, 3.05) is 25.0 Å². The van der Waals surface area contributed by atoms with E-state index in [-0.39, 0.29) is 29.8 Å².